The van der Waals surface area contributed by atoms with E-state index in [1.165, 1.54) is 11.8 Å². The smallest absolute Gasteiger partial charge is 0.310 e. The van der Waals surface area contributed by atoms with Crippen LogP contribution in [0.25, 0.3) is 0 Å². The van der Waals surface area contributed by atoms with E-state index in [4.69, 9.17) is 4.18 Å². The van der Waals surface area contributed by atoms with Crippen molar-refractivity contribution in [3.8, 4) is 5.75 Å². The summed E-state index contributed by atoms with van der Waals surface area (Å²) in [6.45, 7) is 2.53. The lowest BCUT2D eigenvalue weighted by molar-refractivity contribution is 0.488. The molecule has 8 heteroatoms. The standard InChI is InChI=1S/C18H19N3O3S2/c1-15-19-20-18(21(15)14-16-8-4-2-5-9-16)25-12-13-26(22,23)24-17-10-6-3-7-11-17/h2-11H,12-14H2,1H3. The molecule has 3 rings (SSSR count). The molecule has 0 bridgehead atoms. The van der Waals surface area contributed by atoms with Crippen molar-refractivity contribution in [3.63, 3.8) is 0 Å². The number of hydrogen-bond donors (Lipinski definition) is 0. The second kappa shape index (κ2) is 8.37. The van der Waals surface area contributed by atoms with E-state index in [1.807, 2.05) is 41.8 Å². The molecule has 0 radical (unpaired) electrons. The lowest BCUT2D eigenvalue weighted by Crippen LogP contribution is -2.15. The van der Waals surface area contributed by atoms with Crippen LogP contribution >= 0.6 is 11.8 Å². The molecule has 0 aliphatic rings. The monoisotopic (exact) mass is 389 g/mol. The highest BCUT2D eigenvalue weighted by atomic mass is 32.2. The number of aromatic nitrogens is 3. The number of hydrogen-bond acceptors (Lipinski definition) is 6. The molecule has 2 aromatic carbocycles. The van der Waals surface area contributed by atoms with Crippen molar-refractivity contribution in [2.45, 2.75) is 18.6 Å². The number of para-hydroxylation sites is 1. The van der Waals surface area contributed by atoms with Crippen molar-refractivity contribution >= 4 is 21.9 Å². The number of nitrogens with zero attached hydrogens (tertiary/aromatic N) is 3. The van der Waals surface area contributed by atoms with Crippen LogP contribution in [0.2, 0.25) is 0 Å². The second-order valence-electron chi connectivity index (χ2n) is 5.61. The SMILES string of the molecule is Cc1nnc(SCCS(=O)(=O)Oc2ccccc2)n1Cc1ccccc1. The summed E-state index contributed by atoms with van der Waals surface area (Å²) in [6.07, 6.45) is 0. The van der Waals surface area contributed by atoms with Gasteiger partial charge in [-0.15, -0.1) is 10.2 Å². The van der Waals surface area contributed by atoms with Crippen molar-refractivity contribution in [2.24, 2.45) is 0 Å². The first kappa shape index (κ1) is 18.5. The van der Waals surface area contributed by atoms with Crippen molar-refractivity contribution in [3.05, 3.63) is 72.1 Å². The summed E-state index contributed by atoms with van der Waals surface area (Å²) in [6, 6.07) is 18.5. The highest BCUT2D eigenvalue weighted by Crippen LogP contribution is 2.20. The molecule has 0 saturated heterocycles. The van der Waals surface area contributed by atoms with Crippen LogP contribution in [0.4, 0.5) is 0 Å². The van der Waals surface area contributed by atoms with Gasteiger partial charge >= 0.3 is 10.1 Å². The van der Waals surface area contributed by atoms with Crippen LogP contribution in [-0.4, -0.2) is 34.7 Å². The van der Waals surface area contributed by atoms with Crippen LogP contribution in [0, 0.1) is 6.92 Å². The van der Waals surface area contributed by atoms with Crippen molar-refractivity contribution in [1.82, 2.24) is 14.8 Å². The second-order valence-corrected chi connectivity index (χ2v) is 8.36. The Morgan fingerprint density at radius 2 is 1.65 bits per heavy atom. The number of benzene rings is 2. The van der Waals surface area contributed by atoms with Gasteiger partial charge in [0, 0.05) is 5.75 Å². The molecule has 3 aromatic rings. The van der Waals surface area contributed by atoms with Gasteiger partial charge in [0.25, 0.3) is 0 Å². The molecule has 0 amide bonds. The van der Waals surface area contributed by atoms with E-state index in [0.29, 0.717) is 23.2 Å². The summed E-state index contributed by atoms with van der Waals surface area (Å²) >= 11 is 1.35. The van der Waals surface area contributed by atoms with Gasteiger partial charge in [-0.3, -0.25) is 0 Å². The molecule has 26 heavy (non-hydrogen) atoms. The van der Waals surface area contributed by atoms with Crippen LogP contribution in [0.15, 0.2) is 65.8 Å². The summed E-state index contributed by atoms with van der Waals surface area (Å²) in [4.78, 5) is 0. The van der Waals surface area contributed by atoms with Gasteiger partial charge in [0.05, 0.1) is 12.3 Å². The molecule has 0 unspecified atom stereocenters. The first-order valence-corrected chi connectivity index (χ1v) is 10.6. The summed E-state index contributed by atoms with van der Waals surface area (Å²) in [7, 11) is -3.65. The predicted octanol–water partition coefficient (Wildman–Crippen LogP) is 3.14. The van der Waals surface area contributed by atoms with Gasteiger partial charge in [-0.1, -0.05) is 60.3 Å². The molecule has 1 heterocycles. The highest BCUT2D eigenvalue weighted by molar-refractivity contribution is 8.00. The van der Waals surface area contributed by atoms with E-state index < -0.39 is 10.1 Å². The minimum atomic E-state index is -3.65. The molecular weight excluding hydrogens is 370 g/mol. The molecule has 0 saturated carbocycles. The Balaban J connectivity index is 1.60. The van der Waals surface area contributed by atoms with Crippen LogP contribution in [0.3, 0.4) is 0 Å². The third-order valence-corrected chi connectivity index (χ3v) is 5.99. The Hall–Kier alpha value is -2.32. The van der Waals surface area contributed by atoms with E-state index in [2.05, 4.69) is 10.2 Å². The zero-order chi connectivity index (χ0) is 18.4. The summed E-state index contributed by atoms with van der Waals surface area (Å²) in [5.41, 5.74) is 1.14. The van der Waals surface area contributed by atoms with E-state index in [1.54, 1.807) is 30.3 Å². The molecule has 0 aliphatic heterocycles. The third-order valence-electron chi connectivity index (χ3n) is 3.62. The maximum Gasteiger partial charge on any atom is 0.310 e. The van der Waals surface area contributed by atoms with Gasteiger partial charge in [-0.2, -0.15) is 8.42 Å². The lowest BCUT2D eigenvalue weighted by atomic mass is 10.2. The summed E-state index contributed by atoms with van der Waals surface area (Å²) in [5, 5.41) is 8.96. The van der Waals surface area contributed by atoms with Gasteiger partial charge in [-0.25, -0.2) is 0 Å². The molecule has 6 nitrogen and oxygen atoms in total. The molecule has 0 fully saturated rings. The minimum Gasteiger partial charge on any atom is -0.382 e. The number of rotatable bonds is 8. The maximum atomic E-state index is 12.1. The first-order valence-electron chi connectivity index (χ1n) is 8.07. The minimum absolute atomic E-state index is 0.107. The van der Waals surface area contributed by atoms with E-state index >= 15 is 0 Å². The molecule has 0 atom stereocenters. The van der Waals surface area contributed by atoms with Crippen molar-refractivity contribution < 1.29 is 12.6 Å². The Labute approximate surface area is 157 Å². The van der Waals surface area contributed by atoms with Crippen molar-refractivity contribution in [2.75, 3.05) is 11.5 Å². The third kappa shape index (κ3) is 5.09. The van der Waals surface area contributed by atoms with E-state index in [9.17, 15) is 8.42 Å². The predicted molar refractivity (Wildman–Crippen MR) is 102 cm³/mol. The van der Waals surface area contributed by atoms with Gasteiger partial charge < -0.3 is 8.75 Å². The maximum absolute atomic E-state index is 12.1. The molecule has 1 aromatic heterocycles. The Morgan fingerprint density at radius 3 is 2.35 bits per heavy atom. The van der Waals surface area contributed by atoms with Crippen LogP contribution in [0.1, 0.15) is 11.4 Å². The fourth-order valence-corrected chi connectivity index (χ4v) is 4.59. The van der Waals surface area contributed by atoms with Crippen LogP contribution in [-0.2, 0) is 16.7 Å². The average Bonchev–Trinajstić information content (AvgIpc) is 2.96. The Morgan fingerprint density at radius 1 is 1.00 bits per heavy atom. The Bertz CT molecular complexity index is 942. The fraction of sp³-hybridized carbons (Fsp3) is 0.222. The van der Waals surface area contributed by atoms with Crippen LogP contribution < -0.4 is 4.18 Å². The van der Waals surface area contributed by atoms with Gasteiger partial charge in [0.2, 0.25) is 0 Å². The van der Waals surface area contributed by atoms with Gasteiger partial charge in [-0.05, 0) is 24.6 Å². The quantitative estimate of drug-likeness (QED) is 0.435. The van der Waals surface area contributed by atoms with Crippen LogP contribution in [0.5, 0.6) is 5.75 Å². The van der Waals surface area contributed by atoms with E-state index in [0.717, 1.165) is 11.4 Å². The zero-order valence-electron chi connectivity index (χ0n) is 14.3. The molecule has 136 valence electrons. The molecule has 0 aliphatic carbocycles. The first-order chi connectivity index (χ1) is 12.5. The fourth-order valence-electron chi connectivity index (χ4n) is 2.32. The molecule has 0 spiro atoms. The molecular formula is C18H19N3O3S2. The summed E-state index contributed by atoms with van der Waals surface area (Å²) < 4.78 is 31.2. The topological polar surface area (TPSA) is 74.1 Å². The van der Waals surface area contributed by atoms with Gasteiger partial charge in [0.15, 0.2) is 5.16 Å². The van der Waals surface area contributed by atoms with Crippen molar-refractivity contribution in [1.29, 1.82) is 0 Å². The Kier molecular flexibility index (Phi) is 5.95. The zero-order valence-corrected chi connectivity index (χ0v) is 15.9. The lowest BCUT2D eigenvalue weighted by Gasteiger charge is -2.09. The van der Waals surface area contributed by atoms with E-state index in [-0.39, 0.29) is 5.75 Å². The van der Waals surface area contributed by atoms with Gasteiger partial charge in [0.1, 0.15) is 11.6 Å². The average molecular weight is 390 g/mol. The summed E-state index contributed by atoms with van der Waals surface area (Å²) in [5.74, 6) is 1.34. The normalized spacial score (nSPS) is 11.4. The number of thioether (sulfide) groups is 1. The molecule has 0 N–H and O–H groups in total. The number of aryl methyl sites for hydroxylation is 1. The highest BCUT2D eigenvalue weighted by Gasteiger charge is 2.15. The largest absolute Gasteiger partial charge is 0.382 e.